The van der Waals surface area contributed by atoms with Crippen molar-refractivity contribution in [3.8, 4) is 0 Å². The highest BCUT2D eigenvalue weighted by Crippen LogP contribution is 2.36. The minimum atomic E-state index is -5.01. The molecule has 0 radical (unpaired) electrons. The first-order chi connectivity index (χ1) is 15.3. The number of nitrogens with zero attached hydrogens (tertiary/aromatic N) is 2. The van der Waals surface area contributed by atoms with Crippen molar-refractivity contribution < 1.29 is 31.1 Å². The van der Waals surface area contributed by atoms with E-state index in [1.807, 2.05) is 49.0 Å². The highest BCUT2D eigenvalue weighted by Gasteiger charge is 2.38. The van der Waals surface area contributed by atoms with Crippen LogP contribution in [0.3, 0.4) is 0 Å². The summed E-state index contributed by atoms with van der Waals surface area (Å²) in [6.45, 7) is 1.90. The summed E-state index contributed by atoms with van der Waals surface area (Å²) < 4.78 is 81.3. The van der Waals surface area contributed by atoms with E-state index in [0.717, 1.165) is 16.5 Å². The Morgan fingerprint density at radius 3 is 2.12 bits per heavy atom. The molecule has 0 aliphatic carbocycles. The average Bonchev–Trinajstić information content (AvgIpc) is 3.06. The summed E-state index contributed by atoms with van der Waals surface area (Å²) in [5, 5.41) is 0.986. The van der Waals surface area contributed by atoms with Crippen molar-refractivity contribution in [2.24, 2.45) is 7.05 Å². The zero-order valence-electron chi connectivity index (χ0n) is 18.4. The van der Waals surface area contributed by atoms with E-state index in [1.54, 1.807) is 0 Å². The van der Waals surface area contributed by atoms with Gasteiger partial charge in [0.1, 0.15) is 0 Å². The van der Waals surface area contributed by atoms with Crippen LogP contribution in [-0.4, -0.2) is 28.5 Å². The summed E-state index contributed by atoms with van der Waals surface area (Å²) in [4.78, 5) is 14.3. The number of benzene rings is 2. The molecule has 0 aliphatic rings. The Hall–Kier alpha value is -2.97. The lowest BCUT2D eigenvalue weighted by Crippen LogP contribution is -2.38. The third kappa shape index (κ3) is 5.34. The van der Waals surface area contributed by atoms with E-state index < -0.39 is 41.0 Å². The Balaban J connectivity index is 1.97. The van der Waals surface area contributed by atoms with Gasteiger partial charge in [-0.05, 0) is 42.7 Å². The molecule has 3 rings (SSSR count). The second-order valence-corrected chi connectivity index (χ2v) is 8.14. The SMILES string of the molecule is CCCC(Cc1cn(C)c2ccccc12)N(C)C(=O)c1cc(C(F)(F)F)cc(C(F)(F)F)c1. The predicted octanol–water partition coefficient (Wildman–Crippen LogP) is 6.70. The second-order valence-electron chi connectivity index (χ2n) is 8.14. The van der Waals surface area contributed by atoms with Gasteiger partial charge >= 0.3 is 12.4 Å². The number of fused-ring (bicyclic) bond motifs is 1. The quantitative estimate of drug-likeness (QED) is 0.368. The summed E-state index contributed by atoms with van der Waals surface area (Å²) in [5.74, 6) is -0.884. The van der Waals surface area contributed by atoms with E-state index in [9.17, 15) is 31.1 Å². The van der Waals surface area contributed by atoms with Gasteiger partial charge in [0, 0.05) is 42.8 Å². The van der Waals surface area contributed by atoms with E-state index in [0.29, 0.717) is 31.4 Å². The predicted molar refractivity (Wildman–Crippen MR) is 114 cm³/mol. The molecule has 0 bridgehead atoms. The molecule has 1 heterocycles. The van der Waals surface area contributed by atoms with Crippen LogP contribution in [0, 0.1) is 0 Å². The number of likely N-dealkylation sites (N-methyl/N-ethyl adjacent to an activating group) is 1. The topological polar surface area (TPSA) is 25.2 Å². The fraction of sp³-hybridized carbons (Fsp3) is 0.375. The first kappa shape index (κ1) is 24.7. The van der Waals surface area contributed by atoms with Crippen LogP contribution < -0.4 is 0 Å². The van der Waals surface area contributed by atoms with E-state index >= 15 is 0 Å². The standard InChI is InChI=1S/C24H24F6N2O/c1-4-7-19(12-16-14-31(2)21-9-6-5-8-20(16)21)32(3)22(33)15-10-17(23(25,26)27)13-18(11-15)24(28,29)30/h5-6,8-11,13-14,19H,4,7,12H2,1-3H3. The molecule has 0 saturated carbocycles. The molecule has 9 heteroatoms. The van der Waals surface area contributed by atoms with E-state index in [-0.39, 0.29) is 6.07 Å². The maximum Gasteiger partial charge on any atom is 0.416 e. The minimum absolute atomic E-state index is 0.0242. The largest absolute Gasteiger partial charge is 0.416 e. The molecule has 2 aromatic carbocycles. The zero-order chi connectivity index (χ0) is 24.6. The normalized spacial score (nSPS) is 13.4. The number of halogens is 6. The highest BCUT2D eigenvalue weighted by molar-refractivity contribution is 5.95. The lowest BCUT2D eigenvalue weighted by molar-refractivity contribution is -0.143. The average molecular weight is 470 g/mol. The Labute approximate surface area is 187 Å². The summed E-state index contributed by atoms with van der Waals surface area (Å²) in [7, 11) is 3.30. The van der Waals surface area contributed by atoms with Gasteiger partial charge in [0.05, 0.1) is 11.1 Å². The molecule has 178 valence electrons. The molecule has 0 fully saturated rings. The van der Waals surface area contributed by atoms with Crippen molar-refractivity contribution >= 4 is 16.8 Å². The van der Waals surface area contributed by atoms with Gasteiger partial charge in [-0.3, -0.25) is 4.79 Å². The number of carbonyl (C=O) groups excluding carboxylic acids is 1. The molecule has 3 nitrogen and oxygen atoms in total. The molecule has 3 aromatic rings. The lowest BCUT2D eigenvalue weighted by Gasteiger charge is -2.29. The number of amides is 1. The van der Waals surface area contributed by atoms with E-state index in [1.165, 1.54) is 11.9 Å². The molecule has 1 aromatic heterocycles. The van der Waals surface area contributed by atoms with Crippen molar-refractivity contribution in [2.75, 3.05) is 7.05 Å². The van der Waals surface area contributed by atoms with Gasteiger partial charge in [-0.1, -0.05) is 31.5 Å². The molecule has 33 heavy (non-hydrogen) atoms. The van der Waals surface area contributed by atoms with Crippen LogP contribution in [0.1, 0.15) is 46.8 Å². The highest BCUT2D eigenvalue weighted by atomic mass is 19.4. The molecular formula is C24H24F6N2O. The third-order valence-electron chi connectivity index (χ3n) is 5.76. The Morgan fingerprint density at radius 1 is 1.00 bits per heavy atom. The van der Waals surface area contributed by atoms with Gasteiger partial charge in [-0.15, -0.1) is 0 Å². The fourth-order valence-corrected chi connectivity index (χ4v) is 4.06. The number of hydrogen-bond acceptors (Lipinski definition) is 1. The first-order valence-corrected chi connectivity index (χ1v) is 10.4. The molecule has 1 amide bonds. The second kappa shape index (κ2) is 9.11. The first-order valence-electron chi connectivity index (χ1n) is 10.4. The monoisotopic (exact) mass is 470 g/mol. The number of aryl methyl sites for hydroxylation is 1. The van der Waals surface area contributed by atoms with Gasteiger partial charge in [-0.25, -0.2) is 0 Å². The van der Waals surface area contributed by atoms with Gasteiger partial charge in [0.15, 0.2) is 0 Å². The van der Waals surface area contributed by atoms with Crippen LogP contribution in [0.15, 0.2) is 48.7 Å². The van der Waals surface area contributed by atoms with Crippen molar-refractivity contribution in [3.63, 3.8) is 0 Å². The summed E-state index contributed by atoms with van der Waals surface area (Å²) in [6.07, 6.45) is -6.46. The van der Waals surface area contributed by atoms with Crippen LogP contribution in [0.2, 0.25) is 0 Å². The summed E-state index contributed by atoms with van der Waals surface area (Å²) in [5.41, 5.74) is -1.71. The van der Waals surface area contributed by atoms with Crippen LogP contribution in [-0.2, 0) is 25.8 Å². The van der Waals surface area contributed by atoms with Crippen LogP contribution in [0.25, 0.3) is 10.9 Å². The van der Waals surface area contributed by atoms with Crippen LogP contribution in [0.5, 0.6) is 0 Å². The van der Waals surface area contributed by atoms with Gasteiger partial charge in [0.25, 0.3) is 5.91 Å². The molecule has 0 aliphatic heterocycles. The van der Waals surface area contributed by atoms with Crippen LogP contribution in [0.4, 0.5) is 26.3 Å². The number of para-hydroxylation sites is 1. The van der Waals surface area contributed by atoms with Crippen molar-refractivity contribution in [1.29, 1.82) is 0 Å². The Kier molecular flexibility index (Phi) is 6.81. The molecule has 0 N–H and O–H groups in total. The van der Waals surface area contributed by atoms with Gasteiger partial charge in [-0.2, -0.15) is 26.3 Å². The summed E-state index contributed by atoms with van der Waals surface area (Å²) >= 11 is 0. The molecule has 0 spiro atoms. The van der Waals surface area contributed by atoms with Crippen molar-refractivity contribution in [2.45, 2.75) is 44.6 Å². The van der Waals surface area contributed by atoms with Crippen LogP contribution >= 0.6 is 0 Å². The maximum atomic E-state index is 13.2. The van der Waals surface area contributed by atoms with Gasteiger partial charge < -0.3 is 9.47 Å². The lowest BCUT2D eigenvalue weighted by atomic mass is 9.98. The van der Waals surface area contributed by atoms with Crippen molar-refractivity contribution in [3.05, 3.63) is 70.9 Å². The molecule has 1 atom stereocenters. The third-order valence-corrected chi connectivity index (χ3v) is 5.76. The minimum Gasteiger partial charge on any atom is -0.350 e. The van der Waals surface area contributed by atoms with Gasteiger partial charge in [0.2, 0.25) is 0 Å². The summed E-state index contributed by atoms with van der Waals surface area (Å²) in [6, 6.07) is 8.26. The number of alkyl halides is 6. The molecule has 0 saturated heterocycles. The number of carbonyl (C=O) groups is 1. The Bertz CT molecular complexity index is 1110. The maximum absolute atomic E-state index is 13.2. The van der Waals surface area contributed by atoms with E-state index in [2.05, 4.69) is 0 Å². The number of aromatic nitrogens is 1. The molecular weight excluding hydrogens is 446 g/mol. The Morgan fingerprint density at radius 2 is 1.58 bits per heavy atom. The zero-order valence-corrected chi connectivity index (χ0v) is 18.4. The molecule has 1 unspecified atom stereocenters. The fourth-order valence-electron chi connectivity index (χ4n) is 4.06. The smallest absolute Gasteiger partial charge is 0.350 e. The number of rotatable bonds is 6. The van der Waals surface area contributed by atoms with Crippen molar-refractivity contribution in [1.82, 2.24) is 9.47 Å². The number of hydrogen-bond donors (Lipinski definition) is 0. The van der Waals surface area contributed by atoms with E-state index in [4.69, 9.17) is 0 Å².